The van der Waals surface area contributed by atoms with Gasteiger partial charge in [0.2, 0.25) is 0 Å². The SMILES string of the molecule is O=C(Nc1ccc(Oc2cccc(C(F)(F)F)c2)cc1)c1cc(Br)cc(Br)c1O. The number of carbonyl (C=O) groups is 1. The quantitative estimate of drug-likeness (QED) is 0.382. The molecule has 0 saturated heterocycles. The van der Waals surface area contributed by atoms with E-state index in [0.717, 1.165) is 12.1 Å². The summed E-state index contributed by atoms with van der Waals surface area (Å²) in [7, 11) is 0. The van der Waals surface area contributed by atoms with E-state index in [2.05, 4.69) is 37.2 Å². The van der Waals surface area contributed by atoms with Crippen LogP contribution in [0, 0.1) is 0 Å². The van der Waals surface area contributed by atoms with Crippen LogP contribution in [0.2, 0.25) is 0 Å². The van der Waals surface area contributed by atoms with E-state index in [4.69, 9.17) is 4.74 Å². The molecule has 0 heterocycles. The monoisotopic (exact) mass is 529 g/mol. The number of benzene rings is 3. The fraction of sp³-hybridized carbons (Fsp3) is 0.0500. The minimum Gasteiger partial charge on any atom is -0.506 e. The lowest BCUT2D eigenvalue weighted by Gasteiger charge is -2.11. The standard InChI is InChI=1S/C20H12Br2F3NO3/c21-12-9-16(18(27)17(22)10-12)19(28)26-13-4-6-14(7-5-13)29-15-3-1-2-11(8-15)20(23,24)25/h1-10,27H,(H,26,28). The van der Waals surface area contributed by atoms with Gasteiger partial charge in [-0.2, -0.15) is 13.2 Å². The van der Waals surface area contributed by atoms with Gasteiger partial charge in [0.15, 0.2) is 0 Å². The van der Waals surface area contributed by atoms with Crippen molar-refractivity contribution in [2.45, 2.75) is 6.18 Å². The third kappa shape index (κ3) is 5.30. The number of ether oxygens (including phenoxy) is 1. The van der Waals surface area contributed by atoms with Crippen molar-refractivity contribution in [3.05, 3.63) is 80.7 Å². The first-order valence-electron chi connectivity index (χ1n) is 8.08. The molecule has 1 amide bonds. The van der Waals surface area contributed by atoms with Crippen molar-refractivity contribution < 1.29 is 27.8 Å². The van der Waals surface area contributed by atoms with E-state index < -0.39 is 17.6 Å². The van der Waals surface area contributed by atoms with Gasteiger partial charge in [0, 0.05) is 10.2 Å². The van der Waals surface area contributed by atoms with Gasteiger partial charge in [0.25, 0.3) is 5.91 Å². The first-order valence-corrected chi connectivity index (χ1v) is 9.66. The number of anilines is 1. The minimum absolute atomic E-state index is 0.0421. The number of hydrogen-bond donors (Lipinski definition) is 2. The number of aromatic hydroxyl groups is 1. The summed E-state index contributed by atoms with van der Waals surface area (Å²) in [5.74, 6) is -0.387. The Morgan fingerprint density at radius 3 is 2.31 bits per heavy atom. The molecule has 9 heteroatoms. The van der Waals surface area contributed by atoms with Crippen LogP contribution in [0.5, 0.6) is 17.2 Å². The Balaban J connectivity index is 1.72. The van der Waals surface area contributed by atoms with Crippen molar-refractivity contribution >= 4 is 43.5 Å². The fourth-order valence-electron chi connectivity index (χ4n) is 2.42. The van der Waals surface area contributed by atoms with Crippen LogP contribution >= 0.6 is 31.9 Å². The molecular weight excluding hydrogens is 519 g/mol. The first-order chi connectivity index (χ1) is 13.6. The van der Waals surface area contributed by atoms with E-state index in [1.807, 2.05) is 0 Å². The van der Waals surface area contributed by atoms with Gasteiger partial charge in [-0.25, -0.2) is 0 Å². The molecule has 3 rings (SSSR count). The Morgan fingerprint density at radius 1 is 0.966 bits per heavy atom. The summed E-state index contributed by atoms with van der Waals surface area (Å²) in [5, 5.41) is 12.7. The average molecular weight is 531 g/mol. The number of rotatable bonds is 4. The highest BCUT2D eigenvalue weighted by Gasteiger charge is 2.30. The number of nitrogens with one attached hydrogen (secondary N) is 1. The summed E-state index contributed by atoms with van der Waals surface area (Å²) in [5.41, 5.74) is -0.323. The summed E-state index contributed by atoms with van der Waals surface area (Å²) < 4.78 is 44.8. The van der Waals surface area contributed by atoms with E-state index in [1.165, 1.54) is 42.5 Å². The molecule has 0 bridgehead atoms. The van der Waals surface area contributed by atoms with E-state index in [9.17, 15) is 23.1 Å². The smallest absolute Gasteiger partial charge is 0.416 e. The van der Waals surface area contributed by atoms with Gasteiger partial charge in [0.05, 0.1) is 15.6 Å². The molecule has 0 atom stereocenters. The number of alkyl halides is 3. The van der Waals surface area contributed by atoms with Crippen LogP contribution in [0.25, 0.3) is 0 Å². The van der Waals surface area contributed by atoms with Crippen LogP contribution in [0.3, 0.4) is 0 Å². The molecule has 0 fully saturated rings. The molecule has 0 radical (unpaired) electrons. The molecule has 0 unspecified atom stereocenters. The third-order valence-corrected chi connectivity index (χ3v) is 4.84. The van der Waals surface area contributed by atoms with Crippen LogP contribution in [0.4, 0.5) is 18.9 Å². The molecule has 0 aliphatic heterocycles. The second-order valence-electron chi connectivity index (χ2n) is 5.89. The Hall–Kier alpha value is -2.52. The summed E-state index contributed by atoms with van der Waals surface area (Å²) in [6.07, 6.45) is -4.46. The second kappa shape index (κ2) is 8.46. The van der Waals surface area contributed by atoms with Crippen molar-refractivity contribution in [3.8, 4) is 17.2 Å². The maximum Gasteiger partial charge on any atom is 0.416 e. The highest BCUT2D eigenvalue weighted by Crippen LogP contribution is 2.34. The van der Waals surface area contributed by atoms with Crippen LogP contribution < -0.4 is 10.1 Å². The number of carbonyl (C=O) groups excluding carboxylic acids is 1. The van der Waals surface area contributed by atoms with Crippen molar-refractivity contribution in [2.24, 2.45) is 0 Å². The largest absolute Gasteiger partial charge is 0.506 e. The van der Waals surface area contributed by atoms with Gasteiger partial charge in [-0.15, -0.1) is 0 Å². The number of hydrogen-bond acceptors (Lipinski definition) is 3. The molecule has 2 N–H and O–H groups in total. The zero-order chi connectivity index (χ0) is 21.2. The van der Waals surface area contributed by atoms with Gasteiger partial charge in [-0.05, 0) is 70.5 Å². The van der Waals surface area contributed by atoms with Gasteiger partial charge in [0.1, 0.15) is 17.2 Å². The number of phenolic OH excluding ortho intramolecular Hbond substituents is 1. The fourth-order valence-corrected chi connectivity index (χ4v) is 3.64. The molecule has 3 aromatic rings. The first kappa shape index (κ1) is 21.2. The van der Waals surface area contributed by atoms with Crippen molar-refractivity contribution in [1.29, 1.82) is 0 Å². The average Bonchev–Trinajstić information content (AvgIpc) is 2.65. The Labute approximate surface area is 180 Å². The van der Waals surface area contributed by atoms with E-state index in [-0.39, 0.29) is 17.1 Å². The summed E-state index contributed by atoms with van der Waals surface area (Å²) in [6.45, 7) is 0. The van der Waals surface area contributed by atoms with Crippen molar-refractivity contribution in [3.63, 3.8) is 0 Å². The molecule has 0 aliphatic carbocycles. The lowest BCUT2D eigenvalue weighted by Crippen LogP contribution is -2.12. The predicted molar refractivity (Wildman–Crippen MR) is 109 cm³/mol. The van der Waals surface area contributed by atoms with Gasteiger partial charge >= 0.3 is 6.18 Å². The number of phenols is 1. The normalized spacial score (nSPS) is 11.2. The second-order valence-corrected chi connectivity index (χ2v) is 7.66. The molecular formula is C20H12Br2F3NO3. The van der Waals surface area contributed by atoms with Gasteiger partial charge in [-0.3, -0.25) is 4.79 Å². The summed E-state index contributed by atoms with van der Waals surface area (Å²) >= 11 is 6.41. The van der Waals surface area contributed by atoms with Crippen LogP contribution in [0.1, 0.15) is 15.9 Å². The molecule has 0 spiro atoms. The molecule has 29 heavy (non-hydrogen) atoms. The predicted octanol–water partition coefficient (Wildman–Crippen LogP) is 6.98. The third-order valence-electron chi connectivity index (χ3n) is 3.78. The molecule has 0 aromatic heterocycles. The molecule has 150 valence electrons. The number of halogens is 5. The zero-order valence-electron chi connectivity index (χ0n) is 14.4. The highest BCUT2D eigenvalue weighted by atomic mass is 79.9. The lowest BCUT2D eigenvalue weighted by molar-refractivity contribution is -0.137. The van der Waals surface area contributed by atoms with E-state index in [1.54, 1.807) is 6.07 Å². The number of amides is 1. The molecule has 3 aromatic carbocycles. The zero-order valence-corrected chi connectivity index (χ0v) is 17.6. The lowest BCUT2D eigenvalue weighted by atomic mass is 10.2. The molecule has 4 nitrogen and oxygen atoms in total. The molecule has 0 saturated carbocycles. The summed E-state index contributed by atoms with van der Waals surface area (Å²) in [6, 6.07) is 13.7. The summed E-state index contributed by atoms with van der Waals surface area (Å²) in [4.78, 5) is 12.4. The molecule has 0 aliphatic rings. The van der Waals surface area contributed by atoms with Crippen molar-refractivity contribution in [1.82, 2.24) is 0 Å². The minimum atomic E-state index is -4.46. The van der Waals surface area contributed by atoms with Crippen LogP contribution in [-0.2, 0) is 6.18 Å². The Kier molecular flexibility index (Phi) is 6.18. The van der Waals surface area contributed by atoms with Gasteiger partial charge < -0.3 is 15.2 Å². The van der Waals surface area contributed by atoms with Crippen molar-refractivity contribution in [2.75, 3.05) is 5.32 Å². The Bertz CT molecular complexity index is 1050. The van der Waals surface area contributed by atoms with Gasteiger partial charge in [-0.1, -0.05) is 22.0 Å². The van der Waals surface area contributed by atoms with E-state index in [0.29, 0.717) is 20.4 Å². The highest BCUT2D eigenvalue weighted by molar-refractivity contribution is 9.11. The Morgan fingerprint density at radius 2 is 1.66 bits per heavy atom. The topological polar surface area (TPSA) is 58.6 Å². The van der Waals surface area contributed by atoms with Crippen LogP contribution in [-0.4, -0.2) is 11.0 Å². The maximum atomic E-state index is 12.8. The van der Waals surface area contributed by atoms with E-state index >= 15 is 0 Å². The maximum absolute atomic E-state index is 12.8. The van der Waals surface area contributed by atoms with Crippen LogP contribution in [0.15, 0.2) is 69.6 Å².